The number of hydrogen-bond donors (Lipinski definition) is 1. The van der Waals surface area contributed by atoms with Crippen molar-refractivity contribution in [3.05, 3.63) is 29.8 Å². The molecule has 1 aromatic carbocycles. The van der Waals surface area contributed by atoms with E-state index in [0.717, 1.165) is 31.4 Å². The molecule has 2 rings (SSSR count). The molecule has 1 saturated heterocycles. The summed E-state index contributed by atoms with van der Waals surface area (Å²) in [5.74, 6) is 0.770. The molecule has 27 heavy (non-hydrogen) atoms. The Morgan fingerprint density at radius 2 is 2.07 bits per heavy atom. The number of ether oxygens (including phenoxy) is 1. The lowest BCUT2D eigenvalue weighted by molar-refractivity contribution is -0.136. The van der Waals surface area contributed by atoms with Crippen LogP contribution in [0.4, 0.5) is 0 Å². The van der Waals surface area contributed by atoms with Gasteiger partial charge in [0.05, 0.1) is 12.5 Å². The molecular formula is C21H33N3O3. The van der Waals surface area contributed by atoms with E-state index in [-0.39, 0.29) is 23.8 Å². The second-order valence-corrected chi connectivity index (χ2v) is 7.42. The topological polar surface area (TPSA) is 75.9 Å². The normalized spacial score (nSPS) is 20.1. The second kappa shape index (κ2) is 10.3. The Kier molecular flexibility index (Phi) is 8.10. The Hall–Kier alpha value is -2.08. The lowest BCUT2D eigenvalue weighted by Gasteiger charge is -2.26. The van der Waals surface area contributed by atoms with Crippen molar-refractivity contribution in [3.8, 4) is 5.75 Å². The van der Waals surface area contributed by atoms with Gasteiger partial charge in [0.15, 0.2) is 0 Å². The molecule has 1 heterocycles. The number of aryl methyl sites for hydroxylation is 1. The van der Waals surface area contributed by atoms with Gasteiger partial charge in [-0.05, 0) is 43.4 Å². The van der Waals surface area contributed by atoms with E-state index in [4.69, 9.17) is 10.5 Å². The predicted octanol–water partition coefficient (Wildman–Crippen LogP) is 2.06. The molecule has 0 spiro atoms. The third kappa shape index (κ3) is 6.54. The molecule has 6 heteroatoms. The van der Waals surface area contributed by atoms with Gasteiger partial charge in [-0.2, -0.15) is 0 Å². The zero-order valence-electron chi connectivity index (χ0n) is 16.8. The van der Waals surface area contributed by atoms with Crippen molar-refractivity contribution in [1.82, 2.24) is 9.80 Å². The fraction of sp³-hybridized carbons (Fsp3) is 0.619. The summed E-state index contributed by atoms with van der Waals surface area (Å²) < 4.78 is 5.80. The van der Waals surface area contributed by atoms with Gasteiger partial charge in [-0.1, -0.05) is 19.1 Å². The zero-order chi connectivity index (χ0) is 19.8. The van der Waals surface area contributed by atoms with Crippen molar-refractivity contribution in [2.75, 3.05) is 33.3 Å². The number of benzene rings is 1. The van der Waals surface area contributed by atoms with Gasteiger partial charge < -0.3 is 20.3 Å². The quantitative estimate of drug-likeness (QED) is 0.740. The summed E-state index contributed by atoms with van der Waals surface area (Å²) in [6, 6.07) is 8.05. The number of rotatable bonds is 7. The first-order valence-corrected chi connectivity index (χ1v) is 9.88. The molecule has 1 aliphatic rings. The maximum absolute atomic E-state index is 12.8. The second-order valence-electron chi connectivity index (χ2n) is 7.42. The lowest BCUT2D eigenvalue weighted by atomic mass is 10.0. The van der Waals surface area contributed by atoms with Crippen LogP contribution in [-0.4, -0.2) is 60.9 Å². The summed E-state index contributed by atoms with van der Waals surface area (Å²) in [4.78, 5) is 28.0. The molecule has 0 aromatic heterocycles. The summed E-state index contributed by atoms with van der Waals surface area (Å²) >= 11 is 0. The Bertz CT molecular complexity index is 635. The summed E-state index contributed by atoms with van der Waals surface area (Å²) in [6.45, 7) is 5.86. The van der Waals surface area contributed by atoms with Crippen molar-refractivity contribution < 1.29 is 14.3 Å². The van der Waals surface area contributed by atoms with E-state index in [1.165, 1.54) is 12.5 Å². The summed E-state index contributed by atoms with van der Waals surface area (Å²) in [5.41, 5.74) is 7.29. The first-order chi connectivity index (χ1) is 12.9. The number of carbonyl (C=O) groups is 2. The largest absolute Gasteiger partial charge is 0.494 e. The number of nitrogens with zero attached hydrogens (tertiary/aromatic N) is 2. The van der Waals surface area contributed by atoms with Gasteiger partial charge in [0.1, 0.15) is 5.75 Å². The molecule has 0 radical (unpaired) electrons. The molecule has 1 aliphatic heterocycles. The van der Waals surface area contributed by atoms with Crippen LogP contribution in [0.1, 0.15) is 38.7 Å². The Morgan fingerprint density at radius 3 is 2.78 bits per heavy atom. The molecule has 0 aliphatic carbocycles. The van der Waals surface area contributed by atoms with Crippen LogP contribution in [0.25, 0.3) is 0 Å². The number of likely N-dealkylation sites (tertiary alicyclic amines) is 1. The lowest BCUT2D eigenvalue weighted by Crippen LogP contribution is -2.42. The molecule has 0 saturated carbocycles. The molecule has 1 aromatic rings. The van der Waals surface area contributed by atoms with E-state index in [9.17, 15) is 9.59 Å². The number of nitrogens with two attached hydrogens (primary N) is 1. The van der Waals surface area contributed by atoms with Gasteiger partial charge in [-0.25, -0.2) is 0 Å². The number of amides is 2. The fourth-order valence-electron chi connectivity index (χ4n) is 3.45. The molecule has 0 bridgehead atoms. The van der Waals surface area contributed by atoms with Crippen LogP contribution in [0.15, 0.2) is 24.3 Å². The smallest absolute Gasteiger partial charge is 0.227 e. The highest BCUT2D eigenvalue weighted by atomic mass is 16.5. The van der Waals surface area contributed by atoms with Gasteiger partial charge in [0.25, 0.3) is 0 Å². The van der Waals surface area contributed by atoms with Crippen LogP contribution in [0, 0.1) is 5.92 Å². The highest BCUT2D eigenvalue weighted by molar-refractivity contribution is 5.80. The Balaban J connectivity index is 1.79. The first-order valence-electron chi connectivity index (χ1n) is 9.88. The van der Waals surface area contributed by atoms with E-state index >= 15 is 0 Å². The minimum Gasteiger partial charge on any atom is -0.494 e. The number of hydrogen-bond acceptors (Lipinski definition) is 4. The van der Waals surface area contributed by atoms with Crippen molar-refractivity contribution in [2.45, 2.75) is 45.6 Å². The van der Waals surface area contributed by atoms with Gasteiger partial charge >= 0.3 is 0 Å². The van der Waals surface area contributed by atoms with Crippen molar-refractivity contribution in [2.24, 2.45) is 11.7 Å². The van der Waals surface area contributed by atoms with Gasteiger partial charge in [-0.3, -0.25) is 9.59 Å². The van der Waals surface area contributed by atoms with Crippen molar-refractivity contribution >= 4 is 11.8 Å². The van der Waals surface area contributed by atoms with Gasteiger partial charge in [0, 0.05) is 39.6 Å². The zero-order valence-corrected chi connectivity index (χ0v) is 16.8. The van der Waals surface area contributed by atoms with Crippen LogP contribution >= 0.6 is 0 Å². The molecule has 1 fully saturated rings. The third-order valence-corrected chi connectivity index (χ3v) is 5.17. The van der Waals surface area contributed by atoms with Crippen LogP contribution in [0.3, 0.4) is 0 Å². The minimum atomic E-state index is -0.172. The monoisotopic (exact) mass is 375 g/mol. The fourth-order valence-corrected chi connectivity index (χ4v) is 3.45. The van der Waals surface area contributed by atoms with Crippen LogP contribution in [0.5, 0.6) is 5.75 Å². The molecule has 2 amide bonds. The van der Waals surface area contributed by atoms with E-state index in [2.05, 4.69) is 19.1 Å². The predicted molar refractivity (Wildman–Crippen MR) is 107 cm³/mol. The minimum absolute atomic E-state index is 0.0180. The molecular weight excluding hydrogens is 342 g/mol. The maximum atomic E-state index is 12.8. The molecule has 2 atom stereocenters. The van der Waals surface area contributed by atoms with Crippen molar-refractivity contribution in [3.63, 3.8) is 0 Å². The van der Waals surface area contributed by atoms with E-state index in [1.54, 1.807) is 9.80 Å². The molecule has 6 nitrogen and oxygen atoms in total. The SMILES string of the molecule is CCc1cccc(OCCCN(C)C(=O)[C@@H]2CC[C@H](N)CN(C(C)=O)C2)c1. The highest BCUT2D eigenvalue weighted by Gasteiger charge is 2.29. The third-order valence-electron chi connectivity index (χ3n) is 5.17. The van der Waals surface area contributed by atoms with E-state index in [0.29, 0.717) is 26.2 Å². The molecule has 0 unspecified atom stereocenters. The summed E-state index contributed by atoms with van der Waals surface area (Å²) in [6.07, 6.45) is 3.25. The average molecular weight is 376 g/mol. The first kappa shape index (κ1) is 21.2. The standard InChI is InChI=1S/C21H33N3O3/c1-4-17-7-5-8-20(13-17)27-12-6-11-23(3)21(26)18-9-10-19(22)15-24(14-18)16(2)25/h5,7-8,13,18-19H,4,6,9-12,14-15,22H2,1-3H3/t18-,19+/m1/s1. The summed E-state index contributed by atoms with van der Waals surface area (Å²) in [5, 5.41) is 0. The molecule has 150 valence electrons. The van der Waals surface area contributed by atoms with Gasteiger partial charge in [0.2, 0.25) is 11.8 Å². The van der Waals surface area contributed by atoms with E-state index < -0.39 is 0 Å². The number of carbonyl (C=O) groups excluding carboxylic acids is 2. The maximum Gasteiger partial charge on any atom is 0.227 e. The highest BCUT2D eigenvalue weighted by Crippen LogP contribution is 2.19. The summed E-state index contributed by atoms with van der Waals surface area (Å²) in [7, 11) is 1.82. The van der Waals surface area contributed by atoms with Crippen molar-refractivity contribution in [1.29, 1.82) is 0 Å². The van der Waals surface area contributed by atoms with Gasteiger partial charge in [-0.15, -0.1) is 0 Å². The van der Waals surface area contributed by atoms with Crippen LogP contribution < -0.4 is 10.5 Å². The Labute approximate surface area is 162 Å². The van der Waals surface area contributed by atoms with Crippen LogP contribution in [-0.2, 0) is 16.0 Å². The average Bonchev–Trinajstić information content (AvgIpc) is 2.86. The van der Waals surface area contributed by atoms with E-state index in [1.807, 2.05) is 19.2 Å². The molecule has 2 N–H and O–H groups in total. The Morgan fingerprint density at radius 1 is 1.30 bits per heavy atom. The van der Waals surface area contributed by atoms with Crippen LogP contribution in [0.2, 0.25) is 0 Å².